The first-order chi connectivity index (χ1) is 9.29. The van der Waals surface area contributed by atoms with Gasteiger partial charge in [-0.15, -0.1) is 11.3 Å². The van der Waals surface area contributed by atoms with Gasteiger partial charge in [0.15, 0.2) is 0 Å². The second kappa shape index (κ2) is 7.38. The summed E-state index contributed by atoms with van der Waals surface area (Å²) in [6, 6.07) is 10.6. The van der Waals surface area contributed by atoms with E-state index >= 15 is 0 Å². The molecule has 0 aliphatic carbocycles. The molecule has 0 amide bonds. The lowest BCUT2D eigenvalue weighted by Crippen LogP contribution is -2.31. The van der Waals surface area contributed by atoms with Crippen molar-refractivity contribution in [1.82, 2.24) is 9.88 Å². The SMILES string of the molecule is Cc1ncsc1CCN(CCN)Cc1ccccc1. The molecule has 0 aliphatic rings. The quantitative estimate of drug-likeness (QED) is 0.844. The van der Waals surface area contributed by atoms with Crippen molar-refractivity contribution in [3.05, 3.63) is 52.0 Å². The van der Waals surface area contributed by atoms with Crippen LogP contribution in [-0.4, -0.2) is 29.5 Å². The van der Waals surface area contributed by atoms with Crippen molar-refractivity contribution >= 4 is 11.3 Å². The van der Waals surface area contributed by atoms with Crippen LogP contribution in [0, 0.1) is 6.92 Å². The maximum atomic E-state index is 5.71. The number of aromatic nitrogens is 1. The van der Waals surface area contributed by atoms with Gasteiger partial charge < -0.3 is 5.73 Å². The molecule has 1 aromatic heterocycles. The van der Waals surface area contributed by atoms with Crippen molar-refractivity contribution in [2.24, 2.45) is 5.73 Å². The van der Waals surface area contributed by atoms with Gasteiger partial charge in [0.05, 0.1) is 11.2 Å². The zero-order chi connectivity index (χ0) is 13.5. The number of rotatable bonds is 7. The molecule has 0 atom stereocenters. The second-order valence-electron chi connectivity index (χ2n) is 4.66. The molecule has 2 N–H and O–H groups in total. The Kier molecular flexibility index (Phi) is 5.51. The fraction of sp³-hybridized carbons (Fsp3) is 0.400. The topological polar surface area (TPSA) is 42.2 Å². The summed E-state index contributed by atoms with van der Waals surface area (Å²) in [5.41, 5.74) is 10.1. The van der Waals surface area contributed by atoms with Crippen molar-refractivity contribution in [2.75, 3.05) is 19.6 Å². The average Bonchev–Trinajstić information content (AvgIpc) is 2.83. The number of nitrogens with two attached hydrogens (primary N) is 1. The van der Waals surface area contributed by atoms with Crippen molar-refractivity contribution in [2.45, 2.75) is 19.9 Å². The van der Waals surface area contributed by atoms with Crippen LogP contribution in [0.25, 0.3) is 0 Å². The molecular weight excluding hydrogens is 254 g/mol. The van der Waals surface area contributed by atoms with Crippen LogP contribution >= 0.6 is 11.3 Å². The molecule has 19 heavy (non-hydrogen) atoms. The third kappa shape index (κ3) is 4.42. The summed E-state index contributed by atoms with van der Waals surface area (Å²) < 4.78 is 0. The molecule has 0 saturated carbocycles. The van der Waals surface area contributed by atoms with Crippen LogP contribution in [0.3, 0.4) is 0 Å². The van der Waals surface area contributed by atoms with Crippen LogP contribution in [0.4, 0.5) is 0 Å². The van der Waals surface area contributed by atoms with Gasteiger partial charge in [-0.3, -0.25) is 4.90 Å². The number of thiazole rings is 1. The van der Waals surface area contributed by atoms with Gasteiger partial charge in [-0.25, -0.2) is 4.98 Å². The first-order valence-corrected chi connectivity index (χ1v) is 7.53. The van der Waals surface area contributed by atoms with E-state index in [-0.39, 0.29) is 0 Å². The summed E-state index contributed by atoms with van der Waals surface area (Å²) in [6.45, 7) is 5.72. The van der Waals surface area contributed by atoms with Crippen LogP contribution in [0.15, 0.2) is 35.8 Å². The van der Waals surface area contributed by atoms with Crippen molar-refractivity contribution in [1.29, 1.82) is 0 Å². The number of nitrogens with zero attached hydrogens (tertiary/aromatic N) is 2. The van der Waals surface area contributed by atoms with E-state index in [0.717, 1.165) is 31.7 Å². The van der Waals surface area contributed by atoms with Crippen LogP contribution in [0.1, 0.15) is 16.1 Å². The maximum Gasteiger partial charge on any atom is 0.0797 e. The highest BCUT2D eigenvalue weighted by Gasteiger charge is 2.07. The number of benzene rings is 1. The first-order valence-electron chi connectivity index (χ1n) is 6.65. The van der Waals surface area contributed by atoms with Crippen LogP contribution < -0.4 is 5.73 Å². The number of aryl methyl sites for hydroxylation is 1. The Hall–Kier alpha value is -1.23. The smallest absolute Gasteiger partial charge is 0.0797 e. The molecule has 3 nitrogen and oxygen atoms in total. The Labute approximate surface area is 119 Å². The van der Waals surface area contributed by atoms with Gasteiger partial charge in [-0.05, 0) is 18.9 Å². The highest BCUT2D eigenvalue weighted by atomic mass is 32.1. The summed E-state index contributed by atoms with van der Waals surface area (Å²) in [7, 11) is 0. The van der Waals surface area contributed by atoms with Gasteiger partial charge in [-0.2, -0.15) is 0 Å². The molecule has 2 rings (SSSR count). The first kappa shape index (κ1) is 14.2. The van der Waals surface area contributed by atoms with Gasteiger partial charge in [0.1, 0.15) is 0 Å². The van der Waals surface area contributed by atoms with E-state index in [1.54, 1.807) is 11.3 Å². The zero-order valence-corrected chi connectivity index (χ0v) is 12.2. The van der Waals surface area contributed by atoms with E-state index in [0.29, 0.717) is 6.54 Å². The molecule has 0 aliphatic heterocycles. The molecule has 0 saturated heterocycles. The average molecular weight is 275 g/mol. The molecule has 0 fully saturated rings. The molecule has 0 bridgehead atoms. The van der Waals surface area contributed by atoms with E-state index in [4.69, 9.17) is 5.73 Å². The van der Waals surface area contributed by atoms with E-state index < -0.39 is 0 Å². The largest absolute Gasteiger partial charge is 0.329 e. The number of hydrogen-bond donors (Lipinski definition) is 1. The molecule has 2 aromatic rings. The molecule has 1 aromatic carbocycles. The summed E-state index contributed by atoms with van der Waals surface area (Å²) in [6.07, 6.45) is 1.06. The third-order valence-electron chi connectivity index (χ3n) is 3.19. The van der Waals surface area contributed by atoms with E-state index in [9.17, 15) is 0 Å². The Morgan fingerprint density at radius 1 is 1.21 bits per heavy atom. The lowest BCUT2D eigenvalue weighted by Gasteiger charge is -2.21. The predicted octanol–water partition coefficient (Wildman–Crippen LogP) is 2.45. The minimum absolute atomic E-state index is 0.703. The Balaban J connectivity index is 1.91. The van der Waals surface area contributed by atoms with E-state index in [1.807, 2.05) is 5.51 Å². The number of hydrogen-bond acceptors (Lipinski definition) is 4. The molecular formula is C15H21N3S. The Morgan fingerprint density at radius 2 is 2.00 bits per heavy atom. The second-order valence-corrected chi connectivity index (χ2v) is 5.60. The monoisotopic (exact) mass is 275 g/mol. The summed E-state index contributed by atoms with van der Waals surface area (Å²) in [5.74, 6) is 0. The van der Waals surface area contributed by atoms with Gasteiger partial charge >= 0.3 is 0 Å². The lowest BCUT2D eigenvalue weighted by atomic mass is 10.2. The van der Waals surface area contributed by atoms with E-state index in [2.05, 4.69) is 47.1 Å². The third-order valence-corrected chi connectivity index (χ3v) is 4.19. The normalized spacial score (nSPS) is 11.1. The highest BCUT2D eigenvalue weighted by Crippen LogP contribution is 2.14. The fourth-order valence-electron chi connectivity index (χ4n) is 2.12. The van der Waals surface area contributed by atoms with Gasteiger partial charge in [0.25, 0.3) is 0 Å². The lowest BCUT2D eigenvalue weighted by molar-refractivity contribution is 0.277. The summed E-state index contributed by atoms with van der Waals surface area (Å²) >= 11 is 1.75. The Bertz CT molecular complexity index is 481. The molecule has 4 heteroatoms. The Morgan fingerprint density at radius 3 is 2.63 bits per heavy atom. The summed E-state index contributed by atoms with van der Waals surface area (Å²) in [5, 5.41) is 0. The van der Waals surface area contributed by atoms with Crippen LogP contribution in [-0.2, 0) is 13.0 Å². The standard InChI is InChI=1S/C15H21N3S/c1-13-15(19-12-17-13)7-9-18(10-8-16)11-14-5-3-2-4-6-14/h2-6,12H,7-11,16H2,1H3. The fourth-order valence-corrected chi connectivity index (χ4v) is 2.89. The predicted molar refractivity (Wildman–Crippen MR) is 81.3 cm³/mol. The molecule has 0 spiro atoms. The van der Waals surface area contributed by atoms with Crippen molar-refractivity contribution in [3.63, 3.8) is 0 Å². The van der Waals surface area contributed by atoms with Crippen molar-refractivity contribution in [3.8, 4) is 0 Å². The van der Waals surface area contributed by atoms with Crippen molar-refractivity contribution < 1.29 is 0 Å². The molecule has 102 valence electrons. The summed E-state index contributed by atoms with van der Waals surface area (Å²) in [4.78, 5) is 8.10. The highest BCUT2D eigenvalue weighted by molar-refractivity contribution is 7.09. The van der Waals surface area contributed by atoms with Gasteiger partial charge in [0.2, 0.25) is 0 Å². The van der Waals surface area contributed by atoms with E-state index in [1.165, 1.54) is 10.4 Å². The minimum Gasteiger partial charge on any atom is -0.329 e. The van der Waals surface area contributed by atoms with Crippen LogP contribution in [0.5, 0.6) is 0 Å². The molecule has 0 radical (unpaired) electrons. The maximum absolute atomic E-state index is 5.71. The van der Waals surface area contributed by atoms with Gasteiger partial charge in [0, 0.05) is 31.1 Å². The zero-order valence-electron chi connectivity index (χ0n) is 11.4. The van der Waals surface area contributed by atoms with Crippen LogP contribution in [0.2, 0.25) is 0 Å². The minimum atomic E-state index is 0.703. The van der Waals surface area contributed by atoms with Gasteiger partial charge in [-0.1, -0.05) is 30.3 Å². The molecule has 1 heterocycles. The molecule has 0 unspecified atom stereocenters.